The fourth-order valence-electron chi connectivity index (χ4n) is 4.35. The van der Waals surface area contributed by atoms with Gasteiger partial charge in [-0.2, -0.15) is 0 Å². The van der Waals surface area contributed by atoms with E-state index in [2.05, 4.69) is 0 Å². The summed E-state index contributed by atoms with van der Waals surface area (Å²) >= 11 is 0. The lowest BCUT2D eigenvalue weighted by Crippen LogP contribution is -2.41. The van der Waals surface area contributed by atoms with E-state index in [1.54, 1.807) is 48.5 Å². The van der Waals surface area contributed by atoms with Gasteiger partial charge in [0.2, 0.25) is 0 Å². The molecular weight excluding hydrogens is 405 g/mol. The van der Waals surface area contributed by atoms with Gasteiger partial charge in [-0.05, 0) is 40.6 Å². The average molecular weight is 425 g/mol. The first-order chi connectivity index (χ1) is 15.5. The lowest BCUT2D eigenvalue weighted by molar-refractivity contribution is -0.136. The number of hydrogen-bond acceptors (Lipinski definition) is 3. The first-order valence-electron chi connectivity index (χ1n) is 10.4. The summed E-state index contributed by atoms with van der Waals surface area (Å²) in [6, 6.07) is 25.9. The molecule has 4 aromatic carbocycles. The van der Waals surface area contributed by atoms with Crippen molar-refractivity contribution in [3.05, 3.63) is 114 Å². The maximum absolute atomic E-state index is 13.7. The largest absolute Gasteiger partial charge is 0.375 e. The lowest BCUT2D eigenvalue weighted by Gasteiger charge is -2.23. The van der Waals surface area contributed by atoms with Crippen LogP contribution in [0.5, 0.6) is 0 Å². The third-order valence-corrected chi connectivity index (χ3v) is 5.96. The van der Waals surface area contributed by atoms with Crippen LogP contribution in [-0.2, 0) is 16.9 Å². The fraction of sp³-hybridized carbons (Fsp3) is 0.111. The number of hydrogen-bond donors (Lipinski definition) is 1. The van der Waals surface area contributed by atoms with E-state index in [1.165, 1.54) is 17.0 Å². The van der Waals surface area contributed by atoms with E-state index in [4.69, 9.17) is 0 Å². The molecule has 1 N–H and O–H groups in total. The number of benzene rings is 4. The molecule has 5 rings (SSSR count). The van der Waals surface area contributed by atoms with E-state index in [0.717, 1.165) is 10.8 Å². The summed E-state index contributed by atoms with van der Waals surface area (Å²) < 4.78 is 13.7. The minimum Gasteiger partial charge on any atom is -0.375 e. The van der Waals surface area contributed by atoms with Crippen molar-refractivity contribution in [1.29, 1.82) is 0 Å². The second-order valence-corrected chi connectivity index (χ2v) is 8.06. The molecule has 0 spiro atoms. The number of fused-ring (bicyclic) bond motifs is 2. The van der Waals surface area contributed by atoms with Crippen LogP contribution >= 0.6 is 0 Å². The molecule has 1 amide bonds. The quantitative estimate of drug-likeness (QED) is 0.459. The van der Waals surface area contributed by atoms with Crippen LogP contribution in [0.4, 0.5) is 10.1 Å². The number of halogens is 1. The highest BCUT2D eigenvalue weighted by molar-refractivity contribution is 6.11. The highest BCUT2D eigenvalue weighted by Gasteiger charge is 2.50. The van der Waals surface area contributed by atoms with Crippen molar-refractivity contribution in [3.8, 4) is 0 Å². The van der Waals surface area contributed by atoms with E-state index in [0.29, 0.717) is 22.4 Å². The Labute approximate surface area is 184 Å². The molecule has 0 fully saturated rings. The van der Waals surface area contributed by atoms with Gasteiger partial charge in [0.15, 0.2) is 11.4 Å². The third kappa shape index (κ3) is 3.37. The number of anilines is 1. The maximum atomic E-state index is 13.7. The molecule has 158 valence electrons. The standard InChI is InChI=1S/C27H20FNO3/c28-22-9-5-6-18(14-22)17-29-24-11-4-3-10-23(24)27(32,26(29)31)16-25(30)21-13-12-19-7-1-2-8-20(19)15-21/h1-15,32H,16-17H2. The van der Waals surface area contributed by atoms with Crippen LogP contribution in [0, 0.1) is 5.82 Å². The van der Waals surface area contributed by atoms with Crippen LogP contribution in [-0.4, -0.2) is 16.8 Å². The van der Waals surface area contributed by atoms with E-state index in [-0.39, 0.29) is 18.7 Å². The Morgan fingerprint density at radius 2 is 1.62 bits per heavy atom. The average Bonchev–Trinajstić information content (AvgIpc) is 3.01. The van der Waals surface area contributed by atoms with Crippen molar-refractivity contribution in [3.63, 3.8) is 0 Å². The van der Waals surface area contributed by atoms with Gasteiger partial charge in [-0.3, -0.25) is 9.59 Å². The molecule has 4 aromatic rings. The second-order valence-electron chi connectivity index (χ2n) is 8.06. The van der Waals surface area contributed by atoms with Crippen molar-refractivity contribution in [2.75, 3.05) is 4.90 Å². The zero-order valence-electron chi connectivity index (χ0n) is 17.2. The Bertz CT molecular complexity index is 1370. The topological polar surface area (TPSA) is 57.6 Å². The number of carbonyl (C=O) groups excluding carboxylic acids is 2. The summed E-state index contributed by atoms with van der Waals surface area (Å²) in [4.78, 5) is 27.9. The molecule has 32 heavy (non-hydrogen) atoms. The highest BCUT2D eigenvalue weighted by Crippen LogP contribution is 2.43. The predicted octanol–water partition coefficient (Wildman–Crippen LogP) is 4.99. The molecule has 0 saturated carbocycles. The van der Waals surface area contributed by atoms with Crippen LogP contribution in [0.3, 0.4) is 0 Å². The smallest absolute Gasteiger partial charge is 0.264 e. The summed E-state index contributed by atoms with van der Waals surface area (Å²) in [5.74, 6) is -1.31. The number of amides is 1. The molecule has 4 nitrogen and oxygen atoms in total. The fourth-order valence-corrected chi connectivity index (χ4v) is 4.35. The molecule has 1 aliphatic heterocycles. The van der Waals surface area contributed by atoms with Gasteiger partial charge < -0.3 is 10.0 Å². The summed E-state index contributed by atoms with van der Waals surface area (Å²) in [6.07, 6.45) is -0.374. The SMILES string of the molecule is O=C(CC1(O)C(=O)N(Cc2cccc(F)c2)c2ccccc21)c1ccc2ccccc2c1. The Kier molecular flexibility index (Phi) is 4.83. The molecule has 1 atom stereocenters. The van der Waals surface area contributed by atoms with Gasteiger partial charge in [0, 0.05) is 11.1 Å². The Hall–Kier alpha value is -3.83. The highest BCUT2D eigenvalue weighted by atomic mass is 19.1. The molecular formula is C27H20FNO3. The number of aliphatic hydroxyl groups is 1. The second kappa shape index (κ2) is 7.70. The lowest BCUT2D eigenvalue weighted by atomic mass is 9.88. The van der Waals surface area contributed by atoms with Crippen molar-refractivity contribution in [2.24, 2.45) is 0 Å². The van der Waals surface area contributed by atoms with Crippen LogP contribution in [0.1, 0.15) is 27.9 Å². The van der Waals surface area contributed by atoms with Crippen LogP contribution in [0.2, 0.25) is 0 Å². The number of para-hydroxylation sites is 1. The Morgan fingerprint density at radius 3 is 2.44 bits per heavy atom. The first-order valence-corrected chi connectivity index (χ1v) is 10.4. The van der Waals surface area contributed by atoms with Crippen LogP contribution < -0.4 is 4.90 Å². The summed E-state index contributed by atoms with van der Waals surface area (Å²) in [5.41, 5.74) is -0.0394. The monoisotopic (exact) mass is 425 g/mol. The summed E-state index contributed by atoms with van der Waals surface area (Å²) in [6.45, 7) is 0.0973. The van der Waals surface area contributed by atoms with Crippen molar-refractivity contribution < 1.29 is 19.1 Å². The van der Waals surface area contributed by atoms with Crippen molar-refractivity contribution >= 4 is 28.2 Å². The van der Waals surface area contributed by atoms with Crippen LogP contribution in [0.25, 0.3) is 10.8 Å². The number of Topliss-reactive ketones (excluding diaryl/α,β-unsaturated/α-hetero) is 1. The number of nitrogens with zero attached hydrogens (tertiary/aromatic N) is 1. The minimum atomic E-state index is -1.98. The molecule has 0 saturated heterocycles. The molecule has 0 aromatic heterocycles. The molecule has 1 unspecified atom stereocenters. The van der Waals surface area contributed by atoms with Gasteiger partial charge in [0.25, 0.3) is 5.91 Å². The first kappa shape index (κ1) is 20.1. The van der Waals surface area contributed by atoms with Gasteiger partial charge >= 0.3 is 0 Å². The molecule has 0 aliphatic carbocycles. The zero-order valence-corrected chi connectivity index (χ0v) is 17.2. The zero-order chi connectivity index (χ0) is 22.3. The van der Waals surface area contributed by atoms with Gasteiger partial charge in [0.1, 0.15) is 5.82 Å². The van der Waals surface area contributed by atoms with Gasteiger partial charge in [0.05, 0.1) is 18.7 Å². The van der Waals surface area contributed by atoms with Gasteiger partial charge in [-0.15, -0.1) is 0 Å². The molecule has 0 bridgehead atoms. The van der Waals surface area contributed by atoms with E-state index >= 15 is 0 Å². The molecule has 0 radical (unpaired) electrons. The van der Waals surface area contributed by atoms with Crippen molar-refractivity contribution in [2.45, 2.75) is 18.6 Å². The van der Waals surface area contributed by atoms with E-state index in [1.807, 2.05) is 30.3 Å². The molecule has 1 aliphatic rings. The summed E-state index contributed by atoms with van der Waals surface area (Å²) in [7, 11) is 0. The van der Waals surface area contributed by atoms with Crippen molar-refractivity contribution in [1.82, 2.24) is 0 Å². The normalized spacial score (nSPS) is 17.6. The van der Waals surface area contributed by atoms with Gasteiger partial charge in [-0.1, -0.05) is 66.7 Å². The van der Waals surface area contributed by atoms with Gasteiger partial charge in [-0.25, -0.2) is 4.39 Å². The Balaban J connectivity index is 1.48. The maximum Gasteiger partial charge on any atom is 0.264 e. The molecule has 5 heteroatoms. The number of carbonyl (C=O) groups is 2. The predicted molar refractivity (Wildman–Crippen MR) is 121 cm³/mol. The van der Waals surface area contributed by atoms with E-state index < -0.39 is 17.3 Å². The van der Waals surface area contributed by atoms with Crippen LogP contribution in [0.15, 0.2) is 91.0 Å². The minimum absolute atomic E-state index is 0.0973. The number of ketones is 1. The van der Waals surface area contributed by atoms with E-state index in [9.17, 15) is 19.1 Å². The molecule has 1 heterocycles. The Morgan fingerprint density at radius 1 is 0.875 bits per heavy atom. The summed E-state index contributed by atoms with van der Waals surface area (Å²) in [5, 5.41) is 13.4. The number of rotatable bonds is 5. The third-order valence-electron chi connectivity index (χ3n) is 5.96.